The van der Waals surface area contributed by atoms with Gasteiger partial charge in [-0.3, -0.25) is 9.59 Å². The van der Waals surface area contributed by atoms with E-state index in [1.165, 1.54) is 10.9 Å². The molecule has 5 rings (SSSR count). The van der Waals surface area contributed by atoms with Crippen LogP contribution in [0.5, 0.6) is 0 Å². The van der Waals surface area contributed by atoms with Gasteiger partial charge in [0.05, 0.1) is 10.9 Å². The van der Waals surface area contributed by atoms with Crippen molar-refractivity contribution in [3.05, 3.63) is 57.6 Å². The van der Waals surface area contributed by atoms with E-state index in [0.29, 0.717) is 34.5 Å². The van der Waals surface area contributed by atoms with E-state index in [0.717, 1.165) is 18.5 Å². The van der Waals surface area contributed by atoms with Crippen LogP contribution in [0, 0.1) is 0 Å². The number of para-hydroxylation sites is 1. The molecule has 1 aliphatic carbocycles. The number of carbonyl (C=O) groups is 1. The van der Waals surface area contributed by atoms with Gasteiger partial charge >= 0.3 is 0 Å². The SMILES string of the molecule is O=C1CCCC2=C1[C@@H](c1coc3ccccc3c1=O)n1nnnc1N2. The highest BCUT2D eigenvalue weighted by atomic mass is 16.3. The molecule has 8 heteroatoms. The second-order valence-electron chi connectivity index (χ2n) is 6.16. The second-order valence-corrected chi connectivity index (χ2v) is 6.16. The average Bonchev–Trinajstić information content (AvgIpc) is 3.09. The molecule has 25 heavy (non-hydrogen) atoms. The number of nitrogens with one attached hydrogen (secondary N) is 1. The first-order valence-electron chi connectivity index (χ1n) is 8.05. The number of hydrogen-bond acceptors (Lipinski definition) is 7. The van der Waals surface area contributed by atoms with Crippen molar-refractivity contribution >= 4 is 22.7 Å². The first-order valence-corrected chi connectivity index (χ1v) is 8.05. The molecule has 1 atom stereocenters. The van der Waals surface area contributed by atoms with E-state index in [1.807, 2.05) is 0 Å². The van der Waals surface area contributed by atoms with Crippen molar-refractivity contribution in [3.63, 3.8) is 0 Å². The Bertz CT molecular complexity index is 1110. The molecule has 124 valence electrons. The minimum atomic E-state index is -0.671. The minimum absolute atomic E-state index is 0.00691. The molecule has 8 nitrogen and oxygen atoms in total. The predicted molar refractivity (Wildman–Crippen MR) is 87.9 cm³/mol. The van der Waals surface area contributed by atoms with E-state index in [2.05, 4.69) is 20.8 Å². The zero-order valence-corrected chi connectivity index (χ0v) is 13.1. The number of Topliss-reactive ketones (excluding diaryl/α,β-unsaturated/α-hetero) is 1. The number of hydrogen-bond donors (Lipinski definition) is 1. The number of allylic oxidation sites excluding steroid dienone is 2. The third-order valence-electron chi connectivity index (χ3n) is 4.73. The standard InChI is InChI=1S/C17H13N5O3/c23-12-6-3-5-11-14(12)15(22-17(18-11)19-20-21-22)10-8-25-13-7-2-1-4-9(13)16(10)24/h1-2,4,7-8,15H,3,5-6H2,(H,18,19,21)/t15-/m1/s1. The van der Waals surface area contributed by atoms with Crippen molar-refractivity contribution in [1.29, 1.82) is 0 Å². The zero-order valence-electron chi connectivity index (χ0n) is 13.1. The van der Waals surface area contributed by atoms with Crippen molar-refractivity contribution in [3.8, 4) is 0 Å². The van der Waals surface area contributed by atoms with Crippen LogP contribution in [0.2, 0.25) is 0 Å². The first-order chi connectivity index (χ1) is 12.2. The summed E-state index contributed by atoms with van der Waals surface area (Å²) in [6.45, 7) is 0. The molecule has 0 unspecified atom stereocenters. The number of tetrazole rings is 1. The molecule has 2 aromatic heterocycles. The molecule has 0 saturated carbocycles. The molecule has 0 spiro atoms. The number of aromatic nitrogens is 4. The summed E-state index contributed by atoms with van der Waals surface area (Å²) in [7, 11) is 0. The number of fused-ring (bicyclic) bond motifs is 2. The summed E-state index contributed by atoms with van der Waals surface area (Å²) in [5.74, 6) is 0.429. The van der Waals surface area contributed by atoms with Gasteiger partial charge in [-0.05, 0) is 35.4 Å². The molecule has 1 aliphatic heterocycles. The number of nitrogens with zero attached hydrogens (tertiary/aromatic N) is 4. The van der Waals surface area contributed by atoms with Crippen molar-refractivity contribution < 1.29 is 9.21 Å². The molecular formula is C17H13N5O3. The second kappa shape index (κ2) is 5.10. The van der Waals surface area contributed by atoms with Crippen LogP contribution in [0.1, 0.15) is 30.9 Å². The lowest BCUT2D eigenvalue weighted by atomic mass is 9.86. The maximum atomic E-state index is 13.0. The zero-order chi connectivity index (χ0) is 17.0. The van der Waals surface area contributed by atoms with E-state index in [1.54, 1.807) is 24.3 Å². The van der Waals surface area contributed by atoms with Gasteiger partial charge in [0.15, 0.2) is 11.2 Å². The summed E-state index contributed by atoms with van der Waals surface area (Å²) < 4.78 is 7.12. The lowest BCUT2D eigenvalue weighted by Gasteiger charge is -2.30. The van der Waals surface area contributed by atoms with Crippen molar-refractivity contribution in [2.45, 2.75) is 25.3 Å². The molecule has 0 fully saturated rings. The lowest BCUT2D eigenvalue weighted by Crippen LogP contribution is -2.34. The Morgan fingerprint density at radius 1 is 1.20 bits per heavy atom. The van der Waals surface area contributed by atoms with Crippen LogP contribution in [0.15, 0.2) is 51.0 Å². The third kappa shape index (κ3) is 1.97. The Morgan fingerprint density at radius 3 is 3.00 bits per heavy atom. The van der Waals surface area contributed by atoms with Crippen LogP contribution in [-0.2, 0) is 4.79 Å². The predicted octanol–water partition coefficient (Wildman–Crippen LogP) is 1.80. The largest absolute Gasteiger partial charge is 0.464 e. The summed E-state index contributed by atoms with van der Waals surface area (Å²) in [4.78, 5) is 25.7. The topological polar surface area (TPSA) is 103 Å². The molecule has 0 saturated heterocycles. The third-order valence-corrected chi connectivity index (χ3v) is 4.73. The van der Waals surface area contributed by atoms with E-state index < -0.39 is 6.04 Å². The Balaban J connectivity index is 1.80. The van der Waals surface area contributed by atoms with E-state index in [9.17, 15) is 9.59 Å². The van der Waals surface area contributed by atoms with Crippen molar-refractivity contribution in [2.24, 2.45) is 0 Å². The maximum Gasteiger partial charge on any atom is 0.248 e. The monoisotopic (exact) mass is 335 g/mol. The number of anilines is 1. The van der Waals surface area contributed by atoms with Gasteiger partial charge in [-0.1, -0.05) is 17.2 Å². The fourth-order valence-electron chi connectivity index (χ4n) is 3.59. The summed E-state index contributed by atoms with van der Waals surface area (Å²) in [5.41, 5.74) is 2.02. The first kappa shape index (κ1) is 14.1. The number of ketones is 1. The number of benzene rings is 1. The van der Waals surface area contributed by atoms with E-state index in [4.69, 9.17) is 4.42 Å². The average molecular weight is 335 g/mol. The van der Waals surface area contributed by atoms with Crippen LogP contribution in [0.4, 0.5) is 5.95 Å². The summed E-state index contributed by atoms with van der Waals surface area (Å²) >= 11 is 0. The van der Waals surface area contributed by atoms with Gasteiger partial charge in [-0.2, -0.15) is 4.68 Å². The van der Waals surface area contributed by atoms with Crippen LogP contribution >= 0.6 is 0 Å². The highest BCUT2D eigenvalue weighted by Gasteiger charge is 2.38. The van der Waals surface area contributed by atoms with Gasteiger partial charge in [0, 0.05) is 17.7 Å². The Labute approximate surface area is 141 Å². The maximum absolute atomic E-state index is 13.0. The van der Waals surface area contributed by atoms with Crippen molar-refractivity contribution in [1.82, 2.24) is 20.2 Å². The minimum Gasteiger partial charge on any atom is -0.464 e. The van der Waals surface area contributed by atoms with Gasteiger partial charge < -0.3 is 9.73 Å². The van der Waals surface area contributed by atoms with Crippen LogP contribution in [-0.4, -0.2) is 26.0 Å². The molecule has 1 N–H and O–H groups in total. The number of rotatable bonds is 1. The molecule has 3 aromatic rings. The molecule has 0 radical (unpaired) electrons. The van der Waals surface area contributed by atoms with E-state index in [-0.39, 0.29) is 11.2 Å². The molecule has 2 aliphatic rings. The van der Waals surface area contributed by atoms with Gasteiger partial charge in [0.25, 0.3) is 0 Å². The van der Waals surface area contributed by atoms with Gasteiger partial charge in [0.2, 0.25) is 5.95 Å². The van der Waals surface area contributed by atoms with Gasteiger partial charge in [-0.25, -0.2) is 0 Å². The summed E-state index contributed by atoms with van der Waals surface area (Å²) in [5, 5.41) is 15.2. The molecule has 1 aromatic carbocycles. The lowest BCUT2D eigenvalue weighted by molar-refractivity contribution is -0.116. The van der Waals surface area contributed by atoms with Crippen LogP contribution in [0.3, 0.4) is 0 Å². The molecule has 0 amide bonds. The van der Waals surface area contributed by atoms with Crippen LogP contribution in [0.25, 0.3) is 11.0 Å². The highest BCUT2D eigenvalue weighted by molar-refractivity contribution is 5.99. The quantitative estimate of drug-likeness (QED) is 0.723. The Hall–Kier alpha value is -3.29. The normalized spacial score (nSPS) is 19.5. The Kier molecular flexibility index (Phi) is 2.87. The van der Waals surface area contributed by atoms with Crippen LogP contribution < -0.4 is 10.7 Å². The van der Waals surface area contributed by atoms with Gasteiger partial charge in [-0.15, -0.1) is 0 Å². The molecule has 3 heterocycles. The van der Waals surface area contributed by atoms with Gasteiger partial charge in [0.1, 0.15) is 17.9 Å². The van der Waals surface area contributed by atoms with E-state index >= 15 is 0 Å². The van der Waals surface area contributed by atoms with Crippen molar-refractivity contribution in [2.75, 3.05) is 5.32 Å². The summed E-state index contributed by atoms with van der Waals surface area (Å²) in [6.07, 6.45) is 3.36. The smallest absolute Gasteiger partial charge is 0.248 e. The summed E-state index contributed by atoms with van der Waals surface area (Å²) in [6, 6.07) is 6.37. The fraction of sp³-hybridized carbons (Fsp3) is 0.235. The molecule has 0 bridgehead atoms. The fourth-order valence-corrected chi connectivity index (χ4v) is 3.59. The number of carbonyl (C=O) groups excluding carboxylic acids is 1. The Morgan fingerprint density at radius 2 is 2.08 bits per heavy atom. The molecular weight excluding hydrogens is 322 g/mol. The highest BCUT2D eigenvalue weighted by Crippen LogP contribution is 2.38.